The molecule has 0 aliphatic carbocycles. The van der Waals surface area contributed by atoms with Gasteiger partial charge in [-0.15, -0.1) is 0 Å². The summed E-state index contributed by atoms with van der Waals surface area (Å²) in [6.07, 6.45) is 1.27. The number of nitrogens with two attached hydrogens (primary N) is 1. The molecule has 0 fully saturated rings. The molecule has 0 aromatic carbocycles. The SMILES string of the molecule is Cc1nc(CNC(=O)c2ccnc(N)c2F)oc1C. The number of rotatable bonds is 3. The molecule has 2 aromatic rings. The number of pyridine rings is 1. The van der Waals surface area contributed by atoms with Crippen LogP contribution in [-0.4, -0.2) is 15.9 Å². The summed E-state index contributed by atoms with van der Waals surface area (Å²) in [6, 6.07) is 1.26. The van der Waals surface area contributed by atoms with E-state index in [9.17, 15) is 9.18 Å². The number of nitrogens with one attached hydrogen (secondary N) is 1. The number of hydrogen-bond donors (Lipinski definition) is 2. The normalized spacial score (nSPS) is 10.5. The molecular weight excluding hydrogens is 251 g/mol. The van der Waals surface area contributed by atoms with E-state index in [1.807, 2.05) is 0 Å². The van der Waals surface area contributed by atoms with Gasteiger partial charge in [0.05, 0.1) is 17.8 Å². The number of carbonyl (C=O) groups excluding carboxylic acids is 1. The maximum Gasteiger partial charge on any atom is 0.254 e. The van der Waals surface area contributed by atoms with Crippen LogP contribution in [0.2, 0.25) is 0 Å². The summed E-state index contributed by atoms with van der Waals surface area (Å²) >= 11 is 0. The molecule has 0 saturated carbocycles. The van der Waals surface area contributed by atoms with E-state index in [0.717, 1.165) is 5.69 Å². The van der Waals surface area contributed by atoms with Gasteiger partial charge in [-0.2, -0.15) is 0 Å². The van der Waals surface area contributed by atoms with Crippen LogP contribution in [0.4, 0.5) is 10.2 Å². The van der Waals surface area contributed by atoms with Crippen molar-refractivity contribution in [2.75, 3.05) is 5.73 Å². The molecule has 2 rings (SSSR count). The van der Waals surface area contributed by atoms with Gasteiger partial charge in [-0.3, -0.25) is 4.79 Å². The van der Waals surface area contributed by atoms with Crippen molar-refractivity contribution in [1.29, 1.82) is 0 Å². The summed E-state index contributed by atoms with van der Waals surface area (Å²) in [7, 11) is 0. The molecule has 0 atom stereocenters. The Balaban J connectivity index is 2.07. The first-order chi connectivity index (χ1) is 8.99. The van der Waals surface area contributed by atoms with Crippen LogP contribution in [0.25, 0.3) is 0 Å². The van der Waals surface area contributed by atoms with Crippen LogP contribution in [-0.2, 0) is 6.54 Å². The smallest absolute Gasteiger partial charge is 0.254 e. The van der Waals surface area contributed by atoms with E-state index in [2.05, 4.69) is 15.3 Å². The number of aromatic nitrogens is 2. The zero-order valence-electron chi connectivity index (χ0n) is 10.5. The van der Waals surface area contributed by atoms with Crippen molar-refractivity contribution in [1.82, 2.24) is 15.3 Å². The van der Waals surface area contributed by atoms with Crippen LogP contribution in [0.1, 0.15) is 27.7 Å². The molecule has 0 aliphatic rings. The number of halogens is 1. The van der Waals surface area contributed by atoms with Crippen molar-refractivity contribution >= 4 is 11.7 Å². The average Bonchev–Trinajstić information content (AvgIpc) is 2.69. The maximum atomic E-state index is 13.6. The van der Waals surface area contributed by atoms with Crippen LogP contribution in [0.15, 0.2) is 16.7 Å². The van der Waals surface area contributed by atoms with E-state index in [0.29, 0.717) is 11.7 Å². The van der Waals surface area contributed by atoms with E-state index in [4.69, 9.17) is 10.2 Å². The van der Waals surface area contributed by atoms with Gasteiger partial charge in [-0.1, -0.05) is 0 Å². The van der Waals surface area contributed by atoms with Crippen molar-refractivity contribution in [2.24, 2.45) is 0 Å². The largest absolute Gasteiger partial charge is 0.444 e. The third kappa shape index (κ3) is 2.70. The molecule has 0 bridgehead atoms. The summed E-state index contributed by atoms with van der Waals surface area (Å²) in [4.78, 5) is 19.4. The molecule has 0 saturated heterocycles. The van der Waals surface area contributed by atoms with Crippen LogP contribution in [0.5, 0.6) is 0 Å². The number of anilines is 1. The highest BCUT2D eigenvalue weighted by Gasteiger charge is 2.15. The molecule has 2 aromatic heterocycles. The van der Waals surface area contributed by atoms with E-state index < -0.39 is 11.7 Å². The van der Waals surface area contributed by atoms with Crippen molar-refractivity contribution in [2.45, 2.75) is 20.4 Å². The minimum Gasteiger partial charge on any atom is -0.444 e. The number of oxazole rings is 1. The number of amides is 1. The number of nitrogen functional groups attached to an aromatic ring is 1. The summed E-state index contributed by atoms with van der Waals surface area (Å²) in [5, 5.41) is 2.51. The van der Waals surface area contributed by atoms with Gasteiger partial charge >= 0.3 is 0 Å². The molecule has 0 unspecified atom stereocenters. The van der Waals surface area contributed by atoms with E-state index >= 15 is 0 Å². The number of hydrogen-bond acceptors (Lipinski definition) is 5. The summed E-state index contributed by atoms with van der Waals surface area (Å²) in [6.45, 7) is 3.65. The van der Waals surface area contributed by atoms with E-state index in [-0.39, 0.29) is 17.9 Å². The second-order valence-electron chi connectivity index (χ2n) is 3.99. The molecule has 3 N–H and O–H groups in total. The Morgan fingerprint density at radius 3 is 2.89 bits per heavy atom. The maximum absolute atomic E-state index is 13.6. The van der Waals surface area contributed by atoms with Gasteiger partial charge in [0.2, 0.25) is 5.89 Å². The Bertz CT molecular complexity index is 605. The van der Waals surface area contributed by atoms with Gasteiger partial charge in [0.15, 0.2) is 11.6 Å². The van der Waals surface area contributed by atoms with Crippen molar-refractivity contribution in [3.63, 3.8) is 0 Å². The highest BCUT2D eigenvalue weighted by Crippen LogP contribution is 2.12. The molecule has 19 heavy (non-hydrogen) atoms. The molecule has 0 aliphatic heterocycles. The Labute approximate surface area is 108 Å². The predicted octanol–water partition coefficient (Wildman–Crippen LogP) is 1.34. The van der Waals surface area contributed by atoms with Gasteiger partial charge in [0.25, 0.3) is 5.91 Å². The zero-order chi connectivity index (χ0) is 14.0. The summed E-state index contributed by atoms with van der Waals surface area (Å²) in [5.41, 5.74) is 5.89. The fourth-order valence-electron chi connectivity index (χ4n) is 1.50. The van der Waals surface area contributed by atoms with Crippen molar-refractivity contribution in [3.8, 4) is 0 Å². The highest BCUT2D eigenvalue weighted by molar-refractivity contribution is 5.94. The Hall–Kier alpha value is -2.44. The van der Waals surface area contributed by atoms with Gasteiger partial charge in [0.1, 0.15) is 5.76 Å². The highest BCUT2D eigenvalue weighted by atomic mass is 19.1. The average molecular weight is 264 g/mol. The van der Waals surface area contributed by atoms with Crippen molar-refractivity contribution < 1.29 is 13.6 Å². The minimum atomic E-state index is -0.834. The zero-order valence-corrected chi connectivity index (χ0v) is 10.5. The minimum absolute atomic E-state index is 0.0786. The first-order valence-corrected chi connectivity index (χ1v) is 5.60. The second kappa shape index (κ2) is 5.05. The first-order valence-electron chi connectivity index (χ1n) is 5.60. The summed E-state index contributed by atoms with van der Waals surface area (Å²) in [5.74, 6) is -0.690. The van der Waals surface area contributed by atoms with Crippen LogP contribution in [0.3, 0.4) is 0 Å². The Morgan fingerprint density at radius 1 is 1.53 bits per heavy atom. The third-order valence-electron chi connectivity index (χ3n) is 2.63. The number of aryl methyl sites for hydroxylation is 2. The monoisotopic (exact) mass is 264 g/mol. The summed E-state index contributed by atoms with van der Waals surface area (Å²) < 4.78 is 18.9. The molecule has 7 heteroatoms. The first kappa shape index (κ1) is 13.0. The number of carbonyl (C=O) groups is 1. The second-order valence-corrected chi connectivity index (χ2v) is 3.99. The fourth-order valence-corrected chi connectivity index (χ4v) is 1.50. The lowest BCUT2D eigenvalue weighted by molar-refractivity contribution is 0.0943. The molecule has 1 amide bonds. The van der Waals surface area contributed by atoms with Gasteiger partial charge < -0.3 is 15.5 Å². The van der Waals surface area contributed by atoms with E-state index in [1.54, 1.807) is 13.8 Å². The van der Waals surface area contributed by atoms with E-state index in [1.165, 1.54) is 12.3 Å². The Morgan fingerprint density at radius 2 is 2.26 bits per heavy atom. The van der Waals surface area contributed by atoms with Crippen LogP contribution < -0.4 is 11.1 Å². The lowest BCUT2D eigenvalue weighted by Crippen LogP contribution is -2.24. The quantitative estimate of drug-likeness (QED) is 0.872. The fraction of sp³-hybridized carbons (Fsp3) is 0.250. The standard InChI is InChI=1S/C12H13FN4O2/c1-6-7(2)19-9(17-6)5-16-12(18)8-3-4-15-11(14)10(8)13/h3-4H,5H2,1-2H3,(H2,14,15)(H,16,18). The number of nitrogens with zero attached hydrogens (tertiary/aromatic N) is 2. The molecule has 100 valence electrons. The predicted molar refractivity (Wildman–Crippen MR) is 65.8 cm³/mol. The van der Waals surface area contributed by atoms with Crippen LogP contribution in [0, 0.1) is 19.7 Å². The molecule has 6 nitrogen and oxygen atoms in total. The van der Waals surface area contributed by atoms with Crippen LogP contribution >= 0.6 is 0 Å². The molecule has 0 spiro atoms. The third-order valence-corrected chi connectivity index (χ3v) is 2.63. The van der Waals surface area contributed by atoms with Gasteiger partial charge in [-0.25, -0.2) is 14.4 Å². The Kier molecular flexibility index (Phi) is 3.46. The lowest BCUT2D eigenvalue weighted by Gasteiger charge is -2.04. The molecule has 0 radical (unpaired) electrons. The van der Waals surface area contributed by atoms with Crippen molar-refractivity contribution in [3.05, 3.63) is 41.0 Å². The van der Waals surface area contributed by atoms with Gasteiger partial charge in [-0.05, 0) is 19.9 Å². The molecule has 2 heterocycles. The topological polar surface area (TPSA) is 94.0 Å². The van der Waals surface area contributed by atoms with Gasteiger partial charge in [0, 0.05) is 6.20 Å². The lowest BCUT2D eigenvalue weighted by atomic mass is 10.2. The molecular formula is C12H13FN4O2.